The zero-order valence-corrected chi connectivity index (χ0v) is 27.5. The molecule has 45 heavy (non-hydrogen) atoms. The van der Waals surface area contributed by atoms with Crippen LogP contribution in [0.2, 0.25) is 25.7 Å². The summed E-state index contributed by atoms with van der Waals surface area (Å²) in [6.45, 7) is 10.2. The van der Waals surface area contributed by atoms with Gasteiger partial charge in [-0.2, -0.15) is 23.5 Å². The molecule has 4 rings (SSSR count). The molecule has 15 heteroatoms. The third kappa shape index (κ3) is 9.27. The zero-order chi connectivity index (χ0) is 32.8. The minimum atomic E-state index is -4.85. The van der Waals surface area contributed by atoms with Crippen molar-refractivity contribution in [3.63, 3.8) is 0 Å². The lowest BCUT2D eigenvalue weighted by Crippen LogP contribution is -2.49. The molecule has 11 nitrogen and oxygen atoms in total. The van der Waals surface area contributed by atoms with Gasteiger partial charge in [-0.25, -0.2) is 9.67 Å². The molecule has 0 spiro atoms. The van der Waals surface area contributed by atoms with Gasteiger partial charge >= 0.3 is 6.18 Å². The van der Waals surface area contributed by atoms with Crippen LogP contribution in [0.1, 0.15) is 30.4 Å². The van der Waals surface area contributed by atoms with Crippen LogP contribution in [0, 0.1) is 11.3 Å². The van der Waals surface area contributed by atoms with Crippen LogP contribution in [-0.4, -0.2) is 104 Å². The molecule has 246 valence electrons. The smallest absolute Gasteiger partial charge is 0.365 e. The number of carbonyl (C=O) groups is 1. The Balaban J connectivity index is 1.32. The van der Waals surface area contributed by atoms with E-state index in [1.54, 1.807) is 17.0 Å². The number of alkyl halides is 3. The van der Waals surface area contributed by atoms with Crippen LogP contribution >= 0.6 is 0 Å². The normalized spacial score (nSPS) is 17.7. The highest BCUT2D eigenvalue weighted by Gasteiger charge is 2.41. The van der Waals surface area contributed by atoms with Gasteiger partial charge in [-0.15, -0.1) is 0 Å². The predicted octanol–water partition coefficient (Wildman–Crippen LogP) is 3.48. The van der Waals surface area contributed by atoms with E-state index in [2.05, 4.69) is 40.7 Å². The Labute approximate surface area is 263 Å². The van der Waals surface area contributed by atoms with Crippen LogP contribution in [0.15, 0.2) is 29.3 Å². The van der Waals surface area contributed by atoms with Gasteiger partial charge in [0.05, 0.1) is 17.4 Å². The standard InChI is InChI=1S/C30H43F3N8O3Si/c1-37(11-9-27(42)39-14-12-38(13-15-39)26-8-7-23(18-34)19-35-26)21-24-6-5-10-40(24)25-20-36-41(22-44-16-17-45(2,3)4)29(43)28(25)30(31,32)33/h7-8,19-20,24H,5-6,9-17,21-22H2,1-4H3. The first-order valence-corrected chi connectivity index (χ1v) is 19.1. The molecule has 0 aromatic carbocycles. The molecule has 0 saturated carbocycles. The fraction of sp³-hybridized carbons (Fsp3) is 0.633. The summed E-state index contributed by atoms with van der Waals surface area (Å²) in [6, 6.07) is 6.16. The molecule has 2 aromatic rings. The number of nitriles is 1. The number of hydrogen-bond donors (Lipinski definition) is 0. The third-order valence-corrected chi connectivity index (χ3v) is 9.97. The minimum Gasteiger partial charge on any atom is -0.365 e. The Hall–Kier alpha value is -3.48. The molecule has 2 aliphatic rings. The lowest BCUT2D eigenvalue weighted by Gasteiger charge is -2.36. The largest absolute Gasteiger partial charge is 0.423 e. The Kier molecular flexibility index (Phi) is 11.3. The Bertz CT molecular complexity index is 1400. The first-order valence-electron chi connectivity index (χ1n) is 15.4. The predicted molar refractivity (Wildman–Crippen MR) is 168 cm³/mol. The maximum atomic E-state index is 14.2. The summed E-state index contributed by atoms with van der Waals surface area (Å²) in [5, 5.41) is 13.0. The molecule has 2 fully saturated rings. The van der Waals surface area contributed by atoms with Crippen molar-refractivity contribution in [2.45, 2.75) is 63.9 Å². The summed E-state index contributed by atoms with van der Waals surface area (Å²) in [6.07, 6.45) is -0.516. The van der Waals surface area contributed by atoms with Crippen LogP contribution in [-0.2, 0) is 22.4 Å². The van der Waals surface area contributed by atoms with Crippen molar-refractivity contribution in [1.82, 2.24) is 24.6 Å². The van der Waals surface area contributed by atoms with Gasteiger partial charge in [0.25, 0.3) is 5.56 Å². The molecular weight excluding hydrogens is 605 g/mol. The molecule has 0 bridgehead atoms. The highest BCUT2D eigenvalue weighted by atomic mass is 28.3. The van der Waals surface area contributed by atoms with Crippen molar-refractivity contribution in [2.75, 3.05) is 69.3 Å². The van der Waals surface area contributed by atoms with Gasteiger partial charge < -0.3 is 24.3 Å². The van der Waals surface area contributed by atoms with Gasteiger partial charge in [0.1, 0.15) is 24.2 Å². The summed E-state index contributed by atoms with van der Waals surface area (Å²) in [5.41, 5.74) is -2.12. The maximum Gasteiger partial charge on any atom is 0.423 e. The average Bonchev–Trinajstić information content (AvgIpc) is 3.45. The molecule has 0 N–H and O–H groups in total. The number of carbonyl (C=O) groups excluding carboxylic acids is 1. The first-order chi connectivity index (χ1) is 21.3. The van der Waals surface area contributed by atoms with Crippen LogP contribution in [0.25, 0.3) is 0 Å². The second-order valence-corrected chi connectivity index (χ2v) is 18.6. The van der Waals surface area contributed by atoms with Crippen molar-refractivity contribution >= 4 is 25.5 Å². The highest BCUT2D eigenvalue weighted by Crippen LogP contribution is 2.36. The van der Waals surface area contributed by atoms with Crippen molar-refractivity contribution < 1.29 is 22.7 Å². The maximum absolute atomic E-state index is 14.2. The fourth-order valence-electron chi connectivity index (χ4n) is 5.65. The van der Waals surface area contributed by atoms with Crippen molar-refractivity contribution in [3.05, 3.63) is 46.0 Å². The van der Waals surface area contributed by atoms with E-state index >= 15 is 0 Å². The van der Waals surface area contributed by atoms with Gasteiger partial charge in [-0.05, 0) is 38.1 Å². The Morgan fingerprint density at radius 1 is 1.16 bits per heavy atom. The van der Waals surface area contributed by atoms with Crippen molar-refractivity contribution in [3.8, 4) is 6.07 Å². The van der Waals surface area contributed by atoms with Gasteiger partial charge in [-0.3, -0.25) is 9.59 Å². The Morgan fingerprint density at radius 2 is 1.89 bits per heavy atom. The Morgan fingerprint density at radius 3 is 2.51 bits per heavy atom. The monoisotopic (exact) mass is 648 g/mol. The lowest BCUT2D eigenvalue weighted by atomic mass is 10.1. The van der Waals surface area contributed by atoms with Crippen molar-refractivity contribution in [2.24, 2.45) is 0 Å². The number of piperazine rings is 1. The summed E-state index contributed by atoms with van der Waals surface area (Å²) in [4.78, 5) is 37.8. The van der Waals surface area contributed by atoms with E-state index in [0.717, 1.165) is 22.7 Å². The summed E-state index contributed by atoms with van der Waals surface area (Å²) < 4.78 is 49.0. The van der Waals surface area contributed by atoms with Gasteiger partial charge in [-0.1, -0.05) is 19.6 Å². The summed E-state index contributed by atoms with van der Waals surface area (Å²) >= 11 is 0. The van der Waals surface area contributed by atoms with Gasteiger partial charge in [0.2, 0.25) is 5.91 Å². The summed E-state index contributed by atoms with van der Waals surface area (Å²) in [7, 11) is 0.466. The SMILES string of the molecule is CN(CCC(=O)N1CCN(c2ccc(C#N)cn2)CC1)CC1CCCN1c1cnn(COCC[Si](C)(C)C)c(=O)c1C(F)(F)F. The number of aromatic nitrogens is 3. The van der Waals surface area contributed by atoms with Gasteiger partial charge in [0, 0.05) is 79.2 Å². The van der Waals surface area contributed by atoms with Crippen LogP contribution in [0.5, 0.6) is 0 Å². The average molecular weight is 649 g/mol. The number of pyridine rings is 1. The van der Waals surface area contributed by atoms with E-state index in [4.69, 9.17) is 10.00 Å². The van der Waals surface area contributed by atoms with Crippen molar-refractivity contribution in [1.29, 1.82) is 5.26 Å². The molecule has 2 saturated heterocycles. The highest BCUT2D eigenvalue weighted by molar-refractivity contribution is 6.76. The number of hydrogen-bond acceptors (Lipinski definition) is 9. The lowest BCUT2D eigenvalue weighted by molar-refractivity contribution is -0.139. The number of halogens is 3. The number of nitrogens with zero attached hydrogens (tertiary/aromatic N) is 8. The molecule has 0 radical (unpaired) electrons. The van der Waals surface area contributed by atoms with E-state index in [9.17, 15) is 22.8 Å². The molecule has 2 aliphatic heterocycles. The number of rotatable bonds is 12. The van der Waals surface area contributed by atoms with E-state index in [1.165, 1.54) is 6.20 Å². The topological polar surface area (TPSA) is 111 Å². The molecular formula is C30H43F3N8O3Si. The van der Waals surface area contributed by atoms with E-state index in [-0.39, 0.29) is 24.4 Å². The number of ether oxygens (including phenoxy) is 1. The van der Waals surface area contributed by atoms with E-state index in [0.29, 0.717) is 77.2 Å². The summed E-state index contributed by atoms with van der Waals surface area (Å²) in [5.74, 6) is 0.797. The first kappa shape index (κ1) is 34.4. The number of amides is 1. The van der Waals surface area contributed by atoms with E-state index < -0.39 is 25.4 Å². The molecule has 1 atom stereocenters. The quantitative estimate of drug-likeness (QED) is 0.252. The van der Waals surface area contributed by atoms with Crippen LogP contribution in [0.4, 0.5) is 24.7 Å². The molecule has 0 aliphatic carbocycles. The molecule has 2 aromatic heterocycles. The molecule has 1 unspecified atom stereocenters. The fourth-order valence-corrected chi connectivity index (χ4v) is 6.40. The second kappa shape index (κ2) is 14.7. The second-order valence-electron chi connectivity index (χ2n) is 12.9. The van der Waals surface area contributed by atoms with Gasteiger partial charge in [0.15, 0.2) is 0 Å². The van der Waals surface area contributed by atoms with Crippen LogP contribution in [0.3, 0.4) is 0 Å². The van der Waals surface area contributed by atoms with Crippen LogP contribution < -0.4 is 15.4 Å². The minimum absolute atomic E-state index is 0.0248. The molecule has 1 amide bonds. The zero-order valence-electron chi connectivity index (χ0n) is 26.5. The molecule has 4 heterocycles. The van der Waals surface area contributed by atoms with E-state index in [1.807, 2.05) is 16.8 Å². The third-order valence-electron chi connectivity index (χ3n) is 8.27. The number of likely N-dealkylation sites (N-methyl/N-ethyl adjacent to an activating group) is 1. The number of anilines is 2.